The third-order valence-corrected chi connectivity index (χ3v) is 4.61. The first-order chi connectivity index (χ1) is 12.0. The predicted octanol–water partition coefficient (Wildman–Crippen LogP) is 5.15. The maximum Gasteiger partial charge on any atom is 0.342 e. The van der Waals surface area contributed by atoms with Crippen LogP contribution in [0.15, 0.2) is 48.5 Å². The van der Waals surface area contributed by atoms with E-state index < -0.39 is 5.97 Å². The zero-order chi connectivity index (χ0) is 18.0. The molecule has 2 aromatic carbocycles. The first-order valence-electron chi connectivity index (χ1n) is 7.70. The van der Waals surface area contributed by atoms with Crippen molar-refractivity contribution in [3.63, 3.8) is 0 Å². The Balaban J connectivity index is 1.85. The van der Waals surface area contributed by atoms with Crippen LogP contribution in [0.25, 0.3) is 5.69 Å². The van der Waals surface area contributed by atoms with Crippen LogP contribution in [0.4, 0.5) is 0 Å². The van der Waals surface area contributed by atoms with Gasteiger partial charge < -0.3 is 4.74 Å². The van der Waals surface area contributed by atoms with Crippen molar-refractivity contribution in [3.8, 4) is 5.69 Å². The van der Waals surface area contributed by atoms with E-state index in [1.54, 1.807) is 29.8 Å². The molecule has 1 heterocycles. The lowest BCUT2D eigenvalue weighted by Crippen LogP contribution is -2.09. The fraction of sp³-hybridized carbons (Fsp3) is 0.158. The van der Waals surface area contributed by atoms with E-state index in [-0.39, 0.29) is 6.61 Å². The Labute approximate surface area is 155 Å². The van der Waals surface area contributed by atoms with Crippen LogP contribution >= 0.6 is 23.2 Å². The fourth-order valence-electron chi connectivity index (χ4n) is 2.64. The summed E-state index contributed by atoms with van der Waals surface area (Å²) in [5.41, 5.74) is 3.25. The summed E-state index contributed by atoms with van der Waals surface area (Å²) < 4.78 is 7.16. The summed E-state index contributed by atoms with van der Waals surface area (Å²) in [5.74, 6) is -0.451. The molecule has 0 amide bonds. The summed E-state index contributed by atoms with van der Waals surface area (Å²) in [6, 6.07) is 14.8. The van der Waals surface area contributed by atoms with Crippen molar-refractivity contribution in [2.45, 2.75) is 20.5 Å². The standard InChI is InChI=1S/C19H16Cl2N2O2/c1-12-18(13(2)23(22-12)14-7-4-3-5-8-14)19(24)25-11-15-16(20)9-6-10-17(15)21/h3-10H,11H2,1-2H3. The van der Waals surface area contributed by atoms with Gasteiger partial charge in [0.1, 0.15) is 12.2 Å². The molecular formula is C19H16Cl2N2O2. The van der Waals surface area contributed by atoms with Crippen molar-refractivity contribution >= 4 is 29.2 Å². The maximum atomic E-state index is 12.6. The smallest absolute Gasteiger partial charge is 0.342 e. The molecule has 0 aliphatic heterocycles. The molecule has 0 aliphatic carbocycles. The van der Waals surface area contributed by atoms with Crippen LogP contribution in [0, 0.1) is 13.8 Å². The average Bonchev–Trinajstić information content (AvgIpc) is 2.89. The first kappa shape index (κ1) is 17.5. The molecule has 0 spiro atoms. The molecule has 0 saturated heterocycles. The lowest BCUT2D eigenvalue weighted by atomic mass is 10.2. The Bertz CT molecular complexity index is 900. The Morgan fingerprint density at radius 1 is 1.04 bits per heavy atom. The third kappa shape index (κ3) is 3.55. The highest BCUT2D eigenvalue weighted by Gasteiger charge is 2.21. The Morgan fingerprint density at radius 3 is 2.32 bits per heavy atom. The number of aromatic nitrogens is 2. The van der Waals surface area contributed by atoms with E-state index in [2.05, 4.69) is 5.10 Å². The van der Waals surface area contributed by atoms with Gasteiger partial charge in [0.25, 0.3) is 0 Å². The lowest BCUT2D eigenvalue weighted by Gasteiger charge is -2.09. The van der Waals surface area contributed by atoms with Crippen LogP contribution in [0.1, 0.15) is 27.3 Å². The highest BCUT2D eigenvalue weighted by Crippen LogP contribution is 2.26. The second-order valence-electron chi connectivity index (χ2n) is 5.57. The SMILES string of the molecule is Cc1nn(-c2ccccc2)c(C)c1C(=O)OCc1c(Cl)cccc1Cl. The summed E-state index contributed by atoms with van der Waals surface area (Å²) >= 11 is 12.2. The van der Waals surface area contributed by atoms with Crippen molar-refractivity contribution in [1.82, 2.24) is 9.78 Å². The minimum atomic E-state index is -0.451. The summed E-state index contributed by atoms with van der Waals surface area (Å²) in [4.78, 5) is 12.6. The molecule has 0 N–H and O–H groups in total. The Hall–Kier alpha value is -2.30. The van der Waals surface area contributed by atoms with E-state index in [4.69, 9.17) is 27.9 Å². The van der Waals surface area contributed by atoms with Gasteiger partial charge in [0.2, 0.25) is 0 Å². The monoisotopic (exact) mass is 374 g/mol. The van der Waals surface area contributed by atoms with Gasteiger partial charge in [0.05, 0.1) is 17.1 Å². The van der Waals surface area contributed by atoms with Gasteiger partial charge in [-0.25, -0.2) is 9.48 Å². The molecule has 128 valence electrons. The molecule has 3 rings (SSSR count). The number of hydrogen-bond acceptors (Lipinski definition) is 3. The first-order valence-corrected chi connectivity index (χ1v) is 8.46. The van der Waals surface area contributed by atoms with Gasteiger partial charge in [0.15, 0.2) is 0 Å². The molecule has 0 radical (unpaired) electrons. The average molecular weight is 375 g/mol. The van der Waals surface area contributed by atoms with Crippen molar-refractivity contribution in [2.75, 3.05) is 0 Å². The van der Waals surface area contributed by atoms with E-state index in [1.807, 2.05) is 37.3 Å². The van der Waals surface area contributed by atoms with Crippen LogP contribution in [0.3, 0.4) is 0 Å². The molecule has 0 bridgehead atoms. The number of para-hydroxylation sites is 1. The van der Waals surface area contributed by atoms with Gasteiger partial charge in [-0.05, 0) is 38.1 Å². The van der Waals surface area contributed by atoms with E-state index in [9.17, 15) is 4.79 Å². The van der Waals surface area contributed by atoms with E-state index in [0.717, 1.165) is 11.4 Å². The highest BCUT2D eigenvalue weighted by atomic mass is 35.5. The van der Waals surface area contributed by atoms with E-state index >= 15 is 0 Å². The molecular weight excluding hydrogens is 359 g/mol. The molecule has 1 aromatic heterocycles. The molecule has 0 aliphatic rings. The minimum absolute atomic E-state index is 0.00668. The van der Waals surface area contributed by atoms with Crippen molar-refractivity contribution in [2.24, 2.45) is 0 Å². The predicted molar refractivity (Wildman–Crippen MR) is 98.6 cm³/mol. The van der Waals surface area contributed by atoms with E-state index in [0.29, 0.717) is 26.9 Å². The van der Waals surface area contributed by atoms with Crippen molar-refractivity contribution in [1.29, 1.82) is 0 Å². The summed E-state index contributed by atoms with van der Waals surface area (Å²) in [7, 11) is 0. The zero-order valence-corrected chi connectivity index (χ0v) is 15.3. The second kappa shape index (κ2) is 7.30. The topological polar surface area (TPSA) is 44.1 Å². The molecule has 3 aromatic rings. The number of benzene rings is 2. The lowest BCUT2D eigenvalue weighted by molar-refractivity contribution is 0.0471. The van der Waals surface area contributed by atoms with Gasteiger partial charge in [-0.15, -0.1) is 0 Å². The summed E-state index contributed by atoms with van der Waals surface area (Å²) in [6.45, 7) is 3.63. The molecule has 0 fully saturated rings. The van der Waals surface area contributed by atoms with Gasteiger partial charge in [-0.2, -0.15) is 5.10 Å². The number of carbonyl (C=O) groups is 1. The number of hydrogen-bond donors (Lipinski definition) is 0. The van der Waals surface area contributed by atoms with Crippen molar-refractivity contribution < 1.29 is 9.53 Å². The van der Waals surface area contributed by atoms with Gasteiger partial charge in [0, 0.05) is 15.6 Å². The molecule has 0 unspecified atom stereocenters. The molecule has 0 saturated carbocycles. The fourth-order valence-corrected chi connectivity index (χ4v) is 3.15. The largest absolute Gasteiger partial charge is 0.457 e. The quantitative estimate of drug-likeness (QED) is 0.592. The van der Waals surface area contributed by atoms with Gasteiger partial charge >= 0.3 is 5.97 Å². The third-order valence-electron chi connectivity index (χ3n) is 3.91. The number of rotatable bonds is 4. The summed E-state index contributed by atoms with van der Waals surface area (Å²) in [6.07, 6.45) is 0. The normalized spacial score (nSPS) is 10.7. The van der Waals surface area contributed by atoms with Gasteiger partial charge in [-0.3, -0.25) is 0 Å². The molecule has 0 atom stereocenters. The molecule has 4 nitrogen and oxygen atoms in total. The van der Waals surface area contributed by atoms with Crippen LogP contribution in [-0.2, 0) is 11.3 Å². The molecule has 6 heteroatoms. The van der Waals surface area contributed by atoms with Gasteiger partial charge in [-0.1, -0.05) is 47.5 Å². The highest BCUT2D eigenvalue weighted by molar-refractivity contribution is 6.35. The number of halogens is 2. The van der Waals surface area contributed by atoms with Crippen LogP contribution in [0.5, 0.6) is 0 Å². The number of ether oxygens (including phenoxy) is 1. The zero-order valence-electron chi connectivity index (χ0n) is 13.8. The Kier molecular flexibility index (Phi) is 5.11. The molecule has 25 heavy (non-hydrogen) atoms. The van der Waals surface area contributed by atoms with E-state index in [1.165, 1.54) is 0 Å². The second-order valence-corrected chi connectivity index (χ2v) is 6.38. The minimum Gasteiger partial charge on any atom is -0.457 e. The number of aryl methyl sites for hydroxylation is 1. The van der Waals surface area contributed by atoms with Crippen molar-refractivity contribution in [3.05, 3.63) is 81.1 Å². The van der Waals surface area contributed by atoms with Crippen LogP contribution in [0.2, 0.25) is 10.0 Å². The van der Waals surface area contributed by atoms with Crippen LogP contribution in [-0.4, -0.2) is 15.7 Å². The number of nitrogens with zero attached hydrogens (tertiary/aromatic N) is 2. The Morgan fingerprint density at radius 2 is 1.68 bits per heavy atom. The number of carbonyl (C=O) groups excluding carboxylic acids is 1. The summed E-state index contributed by atoms with van der Waals surface area (Å²) in [5, 5.41) is 5.39. The maximum absolute atomic E-state index is 12.6. The van der Waals surface area contributed by atoms with Crippen LogP contribution < -0.4 is 0 Å². The number of esters is 1.